The van der Waals surface area contributed by atoms with Gasteiger partial charge in [0.2, 0.25) is 11.8 Å². The van der Waals surface area contributed by atoms with Crippen LogP contribution in [0.2, 0.25) is 0 Å². The number of nitrogens with one attached hydrogen (secondary N) is 1. The maximum absolute atomic E-state index is 12.3. The van der Waals surface area contributed by atoms with Crippen molar-refractivity contribution in [1.82, 2.24) is 10.2 Å². The number of amides is 4. The molecular formula is C11H18N2O5S. The average Bonchev–Trinajstić information content (AvgIpc) is 2.28. The van der Waals surface area contributed by atoms with Gasteiger partial charge < -0.3 is 0 Å². The molecule has 1 heterocycles. The van der Waals surface area contributed by atoms with Gasteiger partial charge in [0.15, 0.2) is 0 Å². The molecule has 0 atom stereocenters. The maximum atomic E-state index is 12.3. The van der Waals surface area contributed by atoms with Crippen LogP contribution in [0.4, 0.5) is 4.79 Å². The molecule has 0 saturated carbocycles. The van der Waals surface area contributed by atoms with Crippen LogP contribution in [0.3, 0.4) is 0 Å². The molecule has 0 bridgehead atoms. The number of hydrogen-bond acceptors (Lipinski definition) is 5. The van der Waals surface area contributed by atoms with Crippen molar-refractivity contribution in [3.05, 3.63) is 0 Å². The molecule has 1 rings (SSSR count). The summed E-state index contributed by atoms with van der Waals surface area (Å²) in [5, 5.41) is 2.12. The highest BCUT2D eigenvalue weighted by Gasteiger charge is 2.51. The molecule has 1 fully saturated rings. The predicted octanol–water partition coefficient (Wildman–Crippen LogP) is -0.0842. The Hall–Kier alpha value is -1.44. The summed E-state index contributed by atoms with van der Waals surface area (Å²) in [5.41, 5.74) is -1.27. The largest absolute Gasteiger partial charge is 0.330 e. The fraction of sp³-hybridized carbons (Fsp3) is 0.727. The summed E-state index contributed by atoms with van der Waals surface area (Å²) >= 11 is 0. The van der Waals surface area contributed by atoms with Gasteiger partial charge in [-0.1, -0.05) is 13.8 Å². The van der Waals surface area contributed by atoms with Crippen molar-refractivity contribution in [2.75, 3.05) is 18.6 Å². The van der Waals surface area contributed by atoms with Gasteiger partial charge in [-0.25, -0.2) is 13.2 Å². The maximum Gasteiger partial charge on any atom is 0.330 e. The van der Waals surface area contributed by atoms with Gasteiger partial charge in [0.1, 0.15) is 15.3 Å². The summed E-state index contributed by atoms with van der Waals surface area (Å²) in [4.78, 5) is 36.6. The summed E-state index contributed by atoms with van der Waals surface area (Å²) in [6.45, 7) is 3.13. The van der Waals surface area contributed by atoms with E-state index in [0.29, 0.717) is 0 Å². The van der Waals surface area contributed by atoms with E-state index < -0.39 is 33.1 Å². The molecule has 0 spiro atoms. The highest BCUT2D eigenvalue weighted by atomic mass is 32.2. The number of hydrogen-bond donors (Lipinski definition) is 1. The third-order valence-corrected chi connectivity index (χ3v) is 4.37. The SMILES string of the molecule is CCC1(CC)C(=O)NC(=O)N(CCS(C)(=O)=O)C1=O. The number of rotatable bonds is 5. The fourth-order valence-electron chi connectivity index (χ4n) is 2.07. The number of urea groups is 1. The van der Waals surface area contributed by atoms with E-state index in [0.717, 1.165) is 11.2 Å². The Morgan fingerprint density at radius 3 is 2.11 bits per heavy atom. The summed E-state index contributed by atoms with van der Waals surface area (Å²) in [6.07, 6.45) is 1.55. The highest BCUT2D eigenvalue weighted by molar-refractivity contribution is 7.90. The number of carbonyl (C=O) groups is 3. The molecule has 0 aromatic carbocycles. The van der Waals surface area contributed by atoms with Crippen LogP contribution < -0.4 is 5.32 Å². The third kappa shape index (κ3) is 2.94. The molecule has 1 aliphatic heterocycles. The molecule has 1 aliphatic rings. The zero-order chi connectivity index (χ0) is 14.8. The molecule has 1 saturated heterocycles. The van der Waals surface area contributed by atoms with Gasteiger partial charge in [0.05, 0.1) is 5.75 Å². The number of nitrogens with zero attached hydrogens (tertiary/aromatic N) is 1. The predicted molar refractivity (Wildman–Crippen MR) is 68.0 cm³/mol. The summed E-state index contributed by atoms with van der Waals surface area (Å²) in [7, 11) is -3.29. The Labute approximate surface area is 112 Å². The molecular weight excluding hydrogens is 272 g/mol. The number of barbiturate groups is 1. The van der Waals surface area contributed by atoms with Crippen molar-refractivity contribution in [3.8, 4) is 0 Å². The zero-order valence-corrected chi connectivity index (χ0v) is 12.0. The molecule has 0 aliphatic carbocycles. The van der Waals surface area contributed by atoms with Crippen molar-refractivity contribution in [1.29, 1.82) is 0 Å². The van der Waals surface area contributed by atoms with Crippen LogP contribution in [0.1, 0.15) is 26.7 Å². The van der Waals surface area contributed by atoms with E-state index in [4.69, 9.17) is 0 Å². The Kier molecular flexibility index (Phi) is 4.34. The van der Waals surface area contributed by atoms with Crippen LogP contribution in [-0.2, 0) is 19.4 Å². The van der Waals surface area contributed by atoms with E-state index >= 15 is 0 Å². The first-order valence-electron chi connectivity index (χ1n) is 6.03. The van der Waals surface area contributed by atoms with Gasteiger partial charge in [0, 0.05) is 12.8 Å². The number of sulfone groups is 1. The van der Waals surface area contributed by atoms with Crippen LogP contribution in [-0.4, -0.2) is 49.7 Å². The average molecular weight is 290 g/mol. The monoisotopic (exact) mass is 290 g/mol. The Morgan fingerprint density at radius 2 is 1.68 bits per heavy atom. The van der Waals surface area contributed by atoms with Gasteiger partial charge in [-0.2, -0.15) is 0 Å². The van der Waals surface area contributed by atoms with Gasteiger partial charge in [-0.3, -0.25) is 19.8 Å². The third-order valence-electron chi connectivity index (χ3n) is 3.45. The van der Waals surface area contributed by atoms with Crippen LogP contribution >= 0.6 is 0 Å². The van der Waals surface area contributed by atoms with E-state index in [1.807, 2.05) is 0 Å². The lowest BCUT2D eigenvalue weighted by molar-refractivity contribution is -0.151. The Balaban J connectivity index is 3.02. The number of carbonyl (C=O) groups excluding carboxylic acids is 3. The van der Waals surface area contributed by atoms with Gasteiger partial charge in [-0.15, -0.1) is 0 Å². The lowest BCUT2D eigenvalue weighted by Gasteiger charge is -2.38. The second-order valence-corrected chi connectivity index (χ2v) is 6.89. The fourth-order valence-corrected chi connectivity index (χ4v) is 2.58. The lowest BCUT2D eigenvalue weighted by Crippen LogP contribution is -2.64. The Bertz CT molecular complexity index is 507. The van der Waals surface area contributed by atoms with E-state index in [1.165, 1.54) is 0 Å². The molecule has 108 valence electrons. The van der Waals surface area contributed by atoms with Gasteiger partial charge >= 0.3 is 6.03 Å². The summed E-state index contributed by atoms with van der Waals surface area (Å²) in [6, 6.07) is -0.851. The van der Waals surface area contributed by atoms with Crippen molar-refractivity contribution < 1.29 is 22.8 Å². The Morgan fingerprint density at radius 1 is 1.16 bits per heavy atom. The van der Waals surface area contributed by atoms with Gasteiger partial charge in [0.25, 0.3) is 0 Å². The van der Waals surface area contributed by atoms with E-state index in [-0.39, 0.29) is 25.1 Å². The summed E-state index contributed by atoms with van der Waals surface area (Å²) < 4.78 is 22.2. The first-order valence-corrected chi connectivity index (χ1v) is 8.09. The van der Waals surface area contributed by atoms with Crippen LogP contribution in [0.15, 0.2) is 0 Å². The second kappa shape index (κ2) is 5.28. The first-order chi connectivity index (χ1) is 8.68. The molecule has 0 aromatic heterocycles. The van der Waals surface area contributed by atoms with Crippen molar-refractivity contribution in [2.24, 2.45) is 5.41 Å². The van der Waals surface area contributed by atoms with Crippen LogP contribution in [0, 0.1) is 5.41 Å². The minimum absolute atomic E-state index is 0.238. The van der Waals surface area contributed by atoms with Gasteiger partial charge in [-0.05, 0) is 12.8 Å². The van der Waals surface area contributed by atoms with Crippen molar-refractivity contribution >= 4 is 27.7 Å². The zero-order valence-electron chi connectivity index (χ0n) is 11.2. The van der Waals surface area contributed by atoms with Crippen LogP contribution in [0.25, 0.3) is 0 Å². The minimum Gasteiger partial charge on any atom is -0.277 e. The molecule has 0 radical (unpaired) electrons. The molecule has 19 heavy (non-hydrogen) atoms. The first kappa shape index (κ1) is 15.6. The molecule has 7 nitrogen and oxygen atoms in total. The smallest absolute Gasteiger partial charge is 0.277 e. The quantitative estimate of drug-likeness (QED) is 0.713. The van der Waals surface area contributed by atoms with Crippen molar-refractivity contribution in [2.45, 2.75) is 26.7 Å². The summed E-state index contributed by atoms with van der Waals surface area (Å²) in [5.74, 6) is -1.54. The minimum atomic E-state index is -3.29. The molecule has 1 N–H and O–H groups in total. The molecule has 4 amide bonds. The number of imide groups is 2. The second-order valence-electron chi connectivity index (χ2n) is 4.64. The molecule has 8 heteroatoms. The normalized spacial score (nSPS) is 19.5. The van der Waals surface area contributed by atoms with Crippen molar-refractivity contribution in [3.63, 3.8) is 0 Å². The highest BCUT2D eigenvalue weighted by Crippen LogP contribution is 2.32. The van der Waals surface area contributed by atoms with E-state index in [1.54, 1.807) is 13.8 Å². The molecule has 0 aromatic rings. The molecule has 0 unspecified atom stereocenters. The topological polar surface area (TPSA) is 101 Å². The standard InChI is InChI=1S/C11H18N2O5S/c1-4-11(5-2)8(14)12-10(16)13(9(11)15)6-7-19(3,17)18/h4-7H2,1-3H3,(H,12,14,16). The van der Waals surface area contributed by atoms with E-state index in [9.17, 15) is 22.8 Å². The van der Waals surface area contributed by atoms with E-state index in [2.05, 4.69) is 5.32 Å². The lowest BCUT2D eigenvalue weighted by atomic mass is 9.78. The van der Waals surface area contributed by atoms with Crippen LogP contribution in [0.5, 0.6) is 0 Å².